The van der Waals surface area contributed by atoms with Crippen LogP contribution in [0.1, 0.15) is 48.9 Å². The molecule has 2 heterocycles. The van der Waals surface area contributed by atoms with Crippen molar-refractivity contribution in [1.29, 1.82) is 0 Å². The average molecular weight is 354 g/mol. The molecule has 0 bridgehead atoms. The molecule has 0 saturated carbocycles. The summed E-state index contributed by atoms with van der Waals surface area (Å²) in [6.45, 7) is 2.16. The fraction of sp³-hybridized carbons (Fsp3) is 0.250. The highest BCUT2D eigenvalue weighted by atomic mass is 16.1. The van der Waals surface area contributed by atoms with E-state index in [-0.39, 0.29) is 11.8 Å². The van der Waals surface area contributed by atoms with E-state index < -0.39 is 0 Å². The summed E-state index contributed by atoms with van der Waals surface area (Å²) in [5.74, 6) is 0.278. The Bertz CT molecular complexity index is 1080. The van der Waals surface area contributed by atoms with Crippen LogP contribution in [0, 0.1) is 0 Å². The van der Waals surface area contributed by atoms with Gasteiger partial charge >= 0.3 is 0 Å². The summed E-state index contributed by atoms with van der Waals surface area (Å²) >= 11 is 0. The zero-order chi connectivity index (χ0) is 18.4. The summed E-state index contributed by atoms with van der Waals surface area (Å²) in [5, 5.41) is 4.80. The molecule has 1 aromatic heterocycles. The molecular weight excluding hydrogens is 332 g/mol. The van der Waals surface area contributed by atoms with Crippen LogP contribution in [0.25, 0.3) is 16.5 Å². The lowest BCUT2D eigenvalue weighted by atomic mass is 9.77. The first-order valence-electron chi connectivity index (χ1n) is 9.76. The van der Waals surface area contributed by atoms with Crippen molar-refractivity contribution in [2.75, 3.05) is 5.32 Å². The molecule has 1 aliphatic heterocycles. The van der Waals surface area contributed by atoms with E-state index in [2.05, 4.69) is 59.7 Å². The van der Waals surface area contributed by atoms with Gasteiger partial charge in [-0.2, -0.15) is 0 Å². The molecule has 1 atom stereocenters. The summed E-state index contributed by atoms with van der Waals surface area (Å²) in [5.41, 5.74) is 7.90. The smallest absolute Gasteiger partial charge is 0.161 e. The molecule has 0 unspecified atom stereocenters. The van der Waals surface area contributed by atoms with Gasteiger partial charge in [0.2, 0.25) is 0 Å². The van der Waals surface area contributed by atoms with Gasteiger partial charge in [-0.1, -0.05) is 37.3 Å². The number of aryl methyl sites for hydroxylation is 1. The Morgan fingerprint density at radius 2 is 1.93 bits per heavy atom. The summed E-state index contributed by atoms with van der Waals surface area (Å²) in [6.07, 6.45) is 5.36. The van der Waals surface area contributed by atoms with Crippen molar-refractivity contribution in [2.45, 2.75) is 38.6 Å². The number of hydrogen-bond acceptors (Lipinski definition) is 3. The van der Waals surface area contributed by atoms with Crippen LogP contribution in [0.5, 0.6) is 0 Å². The fourth-order valence-corrected chi connectivity index (χ4v) is 4.48. The molecule has 2 aliphatic rings. The van der Waals surface area contributed by atoms with Crippen molar-refractivity contribution in [1.82, 2.24) is 4.98 Å². The molecule has 0 radical (unpaired) electrons. The third kappa shape index (κ3) is 2.57. The second kappa shape index (κ2) is 6.34. The highest BCUT2D eigenvalue weighted by Gasteiger charge is 2.34. The van der Waals surface area contributed by atoms with Crippen LogP contribution in [0.3, 0.4) is 0 Å². The summed E-state index contributed by atoms with van der Waals surface area (Å²) in [4.78, 5) is 17.5. The molecule has 0 spiro atoms. The second-order valence-corrected chi connectivity index (χ2v) is 7.40. The van der Waals surface area contributed by atoms with Gasteiger partial charge in [-0.15, -0.1) is 0 Å². The van der Waals surface area contributed by atoms with Crippen LogP contribution in [0.2, 0.25) is 0 Å². The molecule has 2 aromatic carbocycles. The van der Waals surface area contributed by atoms with Crippen molar-refractivity contribution in [3.8, 4) is 0 Å². The molecule has 27 heavy (non-hydrogen) atoms. The average Bonchev–Trinajstić information content (AvgIpc) is 2.73. The van der Waals surface area contributed by atoms with E-state index in [9.17, 15) is 4.79 Å². The van der Waals surface area contributed by atoms with Crippen LogP contribution in [0.15, 0.2) is 60.3 Å². The van der Waals surface area contributed by atoms with E-state index in [1.165, 1.54) is 16.7 Å². The van der Waals surface area contributed by atoms with Gasteiger partial charge in [0, 0.05) is 34.8 Å². The minimum absolute atomic E-state index is 0.0691. The number of ketones is 1. The minimum Gasteiger partial charge on any atom is -0.373 e. The molecule has 0 amide bonds. The van der Waals surface area contributed by atoms with Crippen molar-refractivity contribution < 1.29 is 4.79 Å². The van der Waals surface area contributed by atoms with Gasteiger partial charge in [0.05, 0.1) is 11.6 Å². The highest BCUT2D eigenvalue weighted by Crippen LogP contribution is 2.47. The monoisotopic (exact) mass is 354 g/mol. The first-order valence-corrected chi connectivity index (χ1v) is 9.76. The van der Waals surface area contributed by atoms with E-state index in [1.807, 2.05) is 12.3 Å². The van der Waals surface area contributed by atoms with Gasteiger partial charge in [0.1, 0.15) is 0 Å². The molecule has 3 aromatic rings. The molecule has 0 fully saturated rings. The van der Waals surface area contributed by atoms with Gasteiger partial charge < -0.3 is 5.32 Å². The Morgan fingerprint density at radius 3 is 2.74 bits per heavy atom. The van der Waals surface area contributed by atoms with Crippen LogP contribution >= 0.6 is 0 Å². The Labute approximate surface area is 159 Å². The summed E-state index contributed by atoms with van der Waals surface area (Å²) in [6, 6.07) is 16.9. The van der Waals surface area contributed by atoms with E-state index in [4.69, 9.17) is 0 Å². The minimum atomic E-state index is -0.0691. The fourth-order valence-electron chi connectivity index (χ4n) is 4.48. The maximum atomic E-state index is 13.0. The van der Waals surface area contributed by atoms with Crippen LogP contribution < -0.4 is 5.32 Å². The number of hydrogen-bond donors (Lipinski definition) is 1. The lowest BCUT2D eigenvalue weighted by molar-refractivity contribution is -0.116. The van der Waals surface area contributed by atoms with E-state index in [0.29, 0.717) is 6.42 Å². The summed E-state index contributed by atoms with van der Waals surface area (Å²) < 4.78 is 0. The van der Waals surface area contributed by atoms with Gasteiger partial charge in [0.25, 0.3) is 0 Å². The van der Waals surface area contributed by atoms with Crippen LogP contribution in [-0.2, 0) is 11.2 Å². The number of anilines is 1. The molecule has 1 N–H and O–H groups in total. The number of nitrogens with zero attached hydrogens (tertiary/aromatic N) is 1. The van der Waals surface area contributed by atoms with Crippen molar-refractivity contribution in [2.24, 2.45) is 0 Å². The topological polar surface area (TPSA) is 42.0 Å². The molecular formula is C24H22N2O. The largest absolute Gasteiger partial charge is 0.373 e. The normalized spacial score (nSPS) is 18.9. The molecule has 5 rings (SSSR count). The number of allylic oxidation sites excluding steroid dienone is 1. The Morgan fingerprint density at radius 1 is 1.07 bits per heavy atom. The molecule has 3 heteroatoms. The number of pyridine rings is 1. The number of benzene rings is 2. The maximum Gasteiger partial charge on any atom is 0.161 e. The number of Topliss-reactive ketones (excluding diaryl/α,β-unsaturated/α-hetero) is 1. The quantitative estimate of drug-likeness (QED) is 0.663. The van der Waals surface area contributed by atoms with Gasteiger partial charge in [-0.05, 0) is 54.2 Å². The van der Waals surface area contributed by atoms with E-state index >= 15 is 0 Å². The van der Waals surface area contributed by atoms with Crippen molar-refractivity contribution in [3.63, 3.8) is 0 Å². The zero-order valence-electron chi connectivity index (χ0n) is 15.5. The Hall–Kier alpha value is -2.94. The number of carbonyl (C=O) groups is 1. The first-order chi connectivity index (χ1) is 13.3. The van der Waals surface area contributed by atoms with Gasteiger partial charge in [-0.3, -0.25) is 9.78 Å². The van der Waals surface area contributed by atoms with Gasteiger partial charge in [0.15, 0.2) is 5.78 Å². The second-order valence-electron chi connectivity index (χ2n) is 7.40. The number of fused-ring (bicyclic) bond motifs is 4. The van der Waals surface area contributed by atoms with Gasteiger partial charge in [-0.25, -0.2) is 0 Å². The standard InChI is InChI=1S/C24H22N2O/c1-2-15-8-10-16(11-9-15)24-23-18(5-3-7-21(23)27)22-17-6-4-14-25-19(17)12-13-20(22)26-24/h4,6,8-14,24,26H,2-3,5,7H2,1H3/t24-/m1/s1. The van der Waals surface area contributed by atoms with Crippen molar-refractivity contribution >= 4 is 27.9 Å². The third-order valence-corrected chi connectivity index (χ3v) is 5.85. The molecule has 3 nitrogen and oxygen atoms in total. The highest BCUT2D eigenvalue weighted by molar-refractivity contribution is 6.12. The van der Waals surface area contributed by atoms with Crippen molar-refractivity contribution in [3.05, 3.63) is 77.0 Å². The Kier molecular flexibility index (Phi) is 3.82. The zero-order valence-corrected chi connectivity index (χ0v) is 15.5. The molecule has 1 aliphatic carbocycles. The van der Waals surface area contributed by atoms with Crippen LogP contribution in [0.4, 0.5) is 5.69 Å². The first kappa shape index (κ1) is 16.2. The maximum absolute atomic E-state index is 13.0. The SMILES string of the molecule is CCc1ccc([C@H]2Nc3ccc4ncccc4c3C3=C2C(=O)CCC3)cc1. The number of carbonyl (C=O) groups excluding carboxylic acids is 1. The van der Waals surface area contributed by atoms with E-state index in [1.54, 1.807) is 0 Å². The van der Waals surface area contributed by atoms with E-state index in [0.717, 1.165) is 47.0 Å². The van der Waals surface area contributed by atoms with Crippen LogP contribution in [-0.4, -0.2) is 10.8 Å². The molecule has 0 saturated heterocycles. The lowest BCUT2D eigenvalue weighted by Gasteiger charge is -2.35. The predicted octanol–water partition coefficient (Wildman–Crippen LogP) is 5.47. The number of aromatic nitrogens is 1. The number of nitrogens with one attached hydrogen (secondary N) is 1. The Balaban J connectivity index is 1.73. The lowest BCUT2D eigenvalue weighted by Crippen LogP contribution is -2.27. The predicted molar refractivity (Wildman–Crippen MR) is 110 cm³/mol. The number of rotatable bonds is 2. The molecule has 134 valence electrons. The summed E-state index contributed by atoms with van der Waals surface area (Å²) in [7, 11) is 0. The third-order valence-electron chi connectivity index (χ3n) is 5.85.